The number of methoxy groups -OCH3 is 1. The highest BCUT2D eigenvalue weighted by atomic mass is 32.2. The molecule has 1 amide bonds. The monoisotopic (exact) mass is 360 g/mol. The van der Waals surface area contributed by atoms with Crippen molar-refractivity contribution in [3.05, 3.63) is 0 Å². The number of rotatable bonds is 8. The molecule has 0 aromatic heterocycles. The second-order valence-corrected chi connectivity index (χ2v) is 9.18. The fraction of sp³-hybridized carbons (Fsp3) is 0.941. The van der Waals surface area contributed by atoms with Crippen molar-refractivity contribution in [2.75, 3.05) is 32.6 Å². The zero-order valence-electron chi connectivity index (χ0n) is 14.8. The Kier molecular flexibility index (Phi) is 7.97. The Morgan fingerprint density at radius 1 is 1.12 bits per heavy atom. The maximum atomic E-state index is 12.1. The van der Waals surface area contributed by atoms with Crippen molar-refractivity contribution in [3.63, 3.8) is 0 Å². The molecule has 2 rings (SSSR count). The average molecular weight is 361 g/mol. The highest BCUT2D eigenvalue weighted by Crippen LogP contribution is 2.27. The Morgan fingerprint density at radius 3 is 2.42 bits per heavy atom. The molecule has 0 spiro atoms. The molecule has 2 aliphatic rings. The molecule has 24 heavy (non-hydrogen) atoms. The summed E-state index contributed by atoms with van der Waals surface area (Å²) in [6, 6.07) is 0.109. The normalized spacial score (nSPS) is 21.7. The Balaban J connectivity index is 1.65. The standard InChI is InChI=1S/C17H32N2O4S/c1-23-13-14-24(21,22)19-11-9-16(10-12-19)18-17(20)8-7-15-5-3-2-4-6-15/h15-16H,2-14H2,1H3,(H,18,20). The predicted molar refractivity (Wildman–Crippen MR) is 94.2 cm³/mol. The van der Waals surface area contributed by atoms with E-state index in [9.17, 15) is 13.2 Å². The molecule has 0 radical (unpaired) electrons. The third-order valence-electron chi connectivity index (χ3n) is 5.26. The van der Waals surface area contributed by atoms with Crippen LogP contribution in [0.4, 0.5) is 0 Å². The van der Waals surface area contributed by atoms with Crippen LogP contribution in [-0.4, -0.2) is 57.2 Å². The van der Waals surface area contributed by atoms with Gasteiger partial charge in [-0.3, -0.25) is 4.79 Å². The number of piperidine rings is 1. The number of ether oxygens (including phenoxy) is 1. The molecule has 7 heteroatoms. The van der Waals surface area contributed by atoms with Gasteiger partial charge in [0.1, 0.15) is 0 Å². The number of hydrogen-bond acceptors (Lipinski definition) is 4. The largest absolute Gasteiger partial charge is 0.384 e. The Bertz CT molecular complexity index is 481. The first kappa shape index (κ1) is 19.7. The average Bonchev–Trinajstić information content (AvgIpc) is 2.60. The summed E-state index contributed by atoms with van der Waals surface area (Å²) in [4.78, 5) is 12.1. The van der Waals surface area contributed by atoms with Gasteiger partial charge in [-0.2, -0.15) is 0 Å². The van der Waals surface area contributed by atoms with Crippen LogP contribution in [0.2, 0.25) is 0 Å². The van der Waals surface area contributed by atoms with E-state index in [0.29, 0.717) is 32.4 Å². The second kappa shape index (κ2) is 9.73. The Labute approximate surface area is 146 Å². The zero-order chi connectivity index (χ0) is 17.4. The number of carbonyl (C=O) groups excluding carboxylic acids is 1. The maximum Gasteiger partial charge on any atom is 0.220 e. The molecule has 1 aliphatic carbocycles. The quantitative estimate of drug-likeness (QED) is 0.717. The summed E-state index contributed by atoms with van der Waals surface area (Å²) in [5, 5.41) is 3.09. The number of hydrogen-bond donors (Lipinski definition) is 1. The van der Waals surface area contributed by atoms with E-state index in [1.54, 1.807) is 0 Å². The third kappa shape index (κ3) is 6.33. The molecule has 0 bridgehead atoms. The van der Waals surface area contributed by atoms with Crippen LogP contribution in [-0.2, 0) is 19.6 Å². The van der Waals surface area contributed by atoms with Gasteiger partial charge in [0.2, 0.25) is 15.9 Å². The van der Waals surface area contributed by atoms with Gasteiger partial charge in [-0.15, -0.1) is 0 Å². The summed E-state index contributed by atoms with van der Waals surface area (Å²) in [5.74, 6) is 0.876. The van der Waals surface area contributed by atoms with Crippen molar-refractivity contribution in [2.24, 2.45) is 5.92 Å². The molecule has 1 saturated carbocycles. The van der Waals surface area contributed by atoms with Crippen LogP contribution in [0.25, 0.3) is 0 Å². The smallest absolute Gasteiger partial charge is 0.220 e. The molecule has 0 aromatic rings. The zero-order valence-corrected chi connectivity index (χ0v) is 15.7. The van der Waals surface area contributed by atoms with Crippen molar-refractivity contribution >= 4 is 15.9 Å². The topological polar surface area (TPSA) is 75.7 Å². The molecule has 1 saturated heterocycles. The second-order valence-electron chi connectivity index (χ2n) is 7.09. The lowest BCUT2D eigenvalue weighted by Gasteiger charge is -2.31. The molecule has 6 nitrogen and oxygen atoms in total. The number of sulfonamides is 1. The van der Waals surface area contributed by atoms with E-state index < -0.39 is 10.0 Å². The van der Waals surface area contributed by atoms with Crippen molar-refractivity contribution in [3.8, 4) is 0 Å². The SMILES string of the molecule is COCCS(=O)(=O)N1CCC(NC(=O)CCC2CCCCC2)CC1. The predicted octanol–water partition coefficient (Wildman–Crippen LogP) is 1.90. The fourth-order valence-corrected chi connectivity index (χ4v) is 5.11. The summed E-state index contributed by atoms with van der Waals surface area (Å²) < 4.78 is 30.6. The van der Waals surface area contributed by atoms with Crippen LogP contribution in [0.5, 0.6) is 0 Å². The van der Waals surface area contributed by atoms with Crippen LogP contribution < -0.4 is 5.32 Å². The first-order valence-electron chi connectivity index (χ1n) is 9.27. The molecule has 140 valence electrons. The Hall–Kier alpha value is -0.660. The number of amides is 1. The summed E-state index contributed by atoms with van der Waals surface area (Å²) in [5.41, 5.74) is 0. The Morgan fingerprint density at radius 2 is 1.79 bits per heavy atom. The number of carbonyl (C=O) groups is 1. The van der Waals surface area contributed by atoms with Gasteiger partial charge in [-0.25, -0.2) is 12.7 Å². The van der Waals surface area contributed by atoms with Crippen LogP contribution >= 0.6 is 0 Å². The fourth-order valence-electron chi connectivity index (χ4n) is 3.71. The summed E-state index contributed by atoms with van der Waals surface area (Å²) in [6.07, 6.45) is 9.49. The lowest BCUT2D eigenvalue weighted by atomic mass is 9.86. The highest BCUT2D eigenvalue weighted by Gasteiger charge is 2.28. The van der Waals surface area contributed by atoms with Crippen LogP contribution in [0.15, 0.2) is 0 Å². The van der Waals surface area contributed by atoms with Crippen LogP contribution in [0.3, 0.4) is 0 Å². The molecule has 0 unspecified atom stereocenters. The lowest BCUT2D eigenvalue weighted by molar-refractivity contribution is -0.122. The van der Waals surface area contributed by atoms with E-state index in [0.717, 1.165) is 12.3 Å². The van der Waals surface area contributed by atoms with Crippen molar-refractivity contribution in [1.82, 2.24) is 9.62 Å². The van der Waals surface area contributed by atoms with Gasteiger partial charge in [0.05, 0.1) is 12.4 Å². The minimum absolute atomic E-state index is 0.0297. The van der Waals surface area contributed by atoms with E-state index in [1.165, 1.54) is 43.5 Å². The first-order valence-corrected chi connectivity index (χ1v) is 10.9. The van der Waals surface area contributed by atoms with Crippen LogP contribution in [0.1, 0.15) is 57.8 Å². The lowest BCUT2D eigenvalue weighted by Crippen LogP contribution is -2.47. The van der Waals surface area contributed by atoms with Crippen molar-refractivity contribution < 1.29 is 17.9 Å². The highest BCUT2D eigenvalue weighted by molar-refractivity contribution is 7.89. The summed E-state index contributed by atoms with van der Waals surface area (Å²) >= 11 is 0. The van der Waals surface area contributed by atoms with Gasteiger partial charge < -0.3 is 10.1 Å². The van der Waals surface area contributed by atoms with E-state index in [-0.39, 0.29) is 24.3 Å². The van der Waals surface area contributed by atoms with E-state index in [1.807, 2.05) is 0 Å². The van der Waals surface area contributed by atoms with Crippen LogP contribution in [0, 0.1) is 5.92 Å². The summed E-state index contributed by atoms with van der Waals surface area (Å²) in [6.45, 7) is 1.19. The molecule has 0 aromatic carbocycles. The van der Waals surface area contributed by atoms with Gasteiger partial charge >= 0.3 is 0 Å². The first-order chi connectivity index (χ1) is 11.5. The molecule has 1 aliphatic heterocycles. The number of nitrogens with one attached hydrogen (secondary N) is 1. The molecule has 1 heterocycles. The minimum Gasteiger partial charge on any atom is -0.384 e. The summed E-state index contributed by atoms with van der Waals surface area (Å²) in [7, 11) is -1.72. The van der Waals surface area contributed by atoms with Crippen molar-refractivity contribution in [2.45, 2.75) is 63.8 Å². The molecule has 1 N–H and O–H groups in total. The number of nitrogens with zero attached hydrogens (tertiary/aromatic N) is 1. The molecular weight excluding hydrogens is 328 g/mol. The molecule has 0 atom stereocenters. The van der Waals surface area contributed by atoms with Crippen molar-refractivity contribution in [1.29, 1.82) is 0 Å². The molecular formula is C17H32N2O4S. The van der Waals surface area contributed by atoms with Gasteiger partial charge in [-0.05, 0) is 25.2 Å². The van der Waals surface area contributed by atoms with Gasteiger partial charge in [-0.1, -0.05) is 32.1 Å². The van der Waals surface area contributed by atoms with E-state index >= 15 is 0 Å². The third-order valence-corrected chi connectivity index (χ3v) is 7.10. The molecule has 2 fully saturated rings. The minimum atomic E-state index is -3.23. The van der Waals surface area contributed by atoms with E-state index in [2.05, 4.69) is 5.32 Å². The van der Waals surface area contributed by atoms with E-state index in [4.69, 9.17) is 4.74 Å². The van der Waals surface area contributed by atoms with Gasteiger partial charge in [0.25, 0.3) is 0 Å². The van der Waals surface area contributed by atoms with Gasteiger partial charge in [0, 0.05) is 32.7 Å². The maximum absolute atomic E-state index is 12.1. The van der Waals surface area contributed by atoms with Gasteiger partial charge in [0.15, 0.2) is 0 Å².